The summed E-state index contributed by atoms with van der Waals surface area (Å²) in [6.07, 6.45) is 3.21. The Hall–Kier alpha value is -1.64. The number of carbonyl (C=O) groups is 2. The molecule has 0 aliphatic carbocycles. The normalized spacial score (nSPS) is 10.1. The standard InChI is InChI=1S/C15H20O3/c1-3-18-15(17)7-5-4-6-13-8-10-14(11-9-13)12(2)16/h8-11H,3-7H2,1-2H3. The molecule has 0 N–H and O–H groups in total. The first-order chi connectivity index (χ1) is 8.63. The molecule has 0 bridgehead atoms. The van der Waals surface area contributed by atoms with Crippen LogP contribution in [-0.4, -0.2) is 18.4 Å². The Morgan fingerprint density at radius 2 is 1.78 bits per heavy atom. The van der Waals surface area contributed by atoms with Crippen molar-refractivity contribution in [1.29, 1.82) is 0 Å². The summed E-state index contributed by atoms with van der Waals surface area (Å²) in [6, 6.07) is 7.65. The lowest BCUT2D eigenvalue weighted by atomic mass is 10.0. The van der Waals surface area contributed by atoms with Gasteiger partial charge in [0.2, 0.25) is 0 Å². The third-order valence-corrected chi connectivity index (χ3v) is 2.76. The van der Waals surface area contributed by atoms with Crippen LogP contribution in [0, 0.1) is 0 Å². The first-order valence-electron chi connectivity index (χ1n) is 6.39. The third-order valence-electron chi connectivity index (χ3n) is 2.76. The summed E-state index contributed by atoms with van der Waals surface area (Å²) < 4.78 is 4.86. The highest BCUT2D eigenvalue weighted by Gasteiger charge is 2.02. The first kappa shape index (κ1) is 14.4. The van der Waals surface area contributed by atoms with Gasteiger partial charge in [-0.05, 0) is 38.7 Å². The maximum absolute atomic E-state index is 11.1. The second-order valence-corrected chi connectivity index (χ2v) is 4.27. The van der Waals surface area contributed by atoms with Gasteiger partial charge in [0.05, 0.1) is 6.61 Å². The summed E-state index contributed by atoms with van der Waals surface area (Å²) in [5, 5.41) is 0. The average molecular weight is 248 g/mol. The molecule has 0 aliphatic rings. The van der Waals surface area contributed by atoms with Crippen molar-refractivity contribution < 1.29 is 14.3 Å². The molecule has 1 aromatic rings. The van der Waals surface area contributed by atoms with Crippen LogP contribution in [0.4, 0.5) is 0 Å². The molecule has 1 rings (SSSR count). The molecule has 1 aromatic carbocycles. The molecule has 0 unspecified atom stereocenters. The van der Waals surface area contributed by atoms with Crippen molar-refractivity contribution in [3.05, 3.63) is 35.4 Å². The molecule has 0 saturated carbocycles. The fraction of sp³-hybridized carbons (Fsp3) is 0.467. The first-order valence-corrected chi connectivity index (χ1v) is 6.39. The quantitative estimate of drug-likeness (QED) is 0.423. The zero-order valence-corrected chi connectivity index (χ0v) is 11.1. The number of rotatable bonds is 7. The predicted octanol–water partition coefficient (Wildman–Crippen LogP) is 3.17. The highest BCUT2D eigenvalue weighted by atomic mass is 16.5. The van der Waals surface area contributed by atoms with Gasteiger partial charge >= 0.3 is 5.97 Å². The van der Waals surface area contributed by atoms with E-state index >= 15 is 0 Å². The molecule has 18 heavy (non-hydrogen) atoms. The number of hydrogen-bond acceptors (Lipinski definition) is 3. The topological polar surface area (TPSA) is 43.4 Å². The fourth-order valence-electron chi connectivity index (χ4n) is 1.74. The van der Waals surface area contributed by atoms with Gasteiger partial charge in [-0.2, -0.15) is 0 Å². The van der Waals surface area contributed by atoms with Gasteiger partial charge in [0.25, 0.3) is 0 Å². The number of unbranched alkanes of at least 4 members (excludes halogenated alkanes) is 1. The second kappa shape index (κ2) is 7.64. The van der Waals surface area contributed by atoms with E-state index in [4.69, 9.17) is 4.74 Å². The van der Waals surface area contributed by atoms with Crippen molar-refractivity contribution in [2.45, 2.75) is 39.5 Å². The van der Waals surface area contributed by atoms with Crippen molar-refractivity contribution in [3.8, 4) is 0 Å². The SMILES string of the molecule is CCOC(=O)CCCCc1ccc(C(C)=O)cc1. The van der Waals surface area contributed by atoms with E-state index in [1.807, 2.05) is 31.2 Å². The molecule has 3 heteroatoms. The van der Waals surface area contributed by atoms with Crippen molar-refractivity contribution in [1.82, 2.24) is 0 Å². The smallest absolute Gasteiger partial charge is 0.305 e. The van der Waals surface area contributed by atoms with Gasteiger partial charge in [-0.1, -0.05) is 24.3 Å². The Kier molecular flexibility index (Phi) is 6.12. The van der Waals surface area contributed by atoms with Crippen LogP contribution in [0.3, 0.4) is 0 Å². The van der Waals surface area contributed by atoms with Crippen LogP contribution in [0.2, 0.25) is 0 Å². The maximum Gasteiger partial charge on any atom is 0.305 e. The van der Waals surface area contributed by atoms with Crippen molar-refractivity contribution in [2.75, 3.05) is 6.61 Å². The molecule has 0 fully saturated rings. The number of aryl methyl sites for hydroxylation is 1. The van der Waals surface area contributed by atoms with Crippen molar-refractivity contribution in [2.24, 2.45) is 0 Å². The van der Waals surface area contributed by atoms with Crippen LogP contribution in [0.25, 0.3) is 0 Å². The fourth-order valence-corrected chi connectivity index (χ4v) is 1.74. The molecule has 0 spiro atoms. The Morgan fingerprint density at radius 1 is 1.11 bits per heavy atom. The monoisotopic (exact) mass is 248 g/mol. The largest absolute Gasteiger partial charge is 0.466 e. The number of Topliss-reactive ketones (excluding diaryl/α,β-unsaturated/α-hetero) is 1. The van der Waals surface area contributed by atoms with E-state index in [0.717, 1.165) is 24.8 Å². The van der Waals surface area contributed by atoms with Gasteiger partial charge in [-0.3, -0.25) is 9.59 Å². The Bertz CT molecular complexity index is 393. The minimum atomic E-state index is -0.121. The Labute approximate surface area is 108 Å². The van der Waals surface area contributed by atoms with Crippen LogP contribution < -0.4 is 0 Å². The number of carbonyl (C=O) groups excluding carboxylic acids is 2. The Balaban J connectivity index is 2.27. The van der Waals surface area contributed by atoms with E-state index < -0.39 is 0 Å². The van der Waals surface area contributed by atoms with Gasteiger partial charge in [-0.25, -0.2) is 0 Å². The van der Waals surface area contributed by atoms with E-state index in [2.05, 4.69) is 0 Å². The lowest BCUT2D eigenvalue weighted by molar-refractivity contribution is -0.143. The van der Waals surface area contributed by atoms with E-state index in [1.165, 1.54) is 5.56 Å². The molecular weight excluding hydrogens is 228 g/mol. The van der Waals surface area contributed by atoms with Gasteiger partial charge in [0.15, 0.2) is 5.78 Å². The van der Waals surface area contributed by atoms with Crippen LogP contribution >= 0.6 is 0 Å². The van der Waals surface area contributed by atoms with Gasteiger partial charge in [0.1, 0.15) is 0 Å². The van der Waals surface area contributed by atoms with E-state index in [0.29, 0.717) is 13.0 Å². The molecule has 3 nitrogen and oxygen atoms in total. The molecule has 0 aromatic heterocycles. The molecule has 0 amide bonds. The molecule has 0 radical (unpaired) electrons. The van der Waals surface area contributed by atoms with Gasteiger partial charge in [-0.15, -0.1) is 0 Å². The maximum atomic E-state index is 11.1. The number of ether oxygens (including phenoxy) is 1. The zero-order chi connectivity index (χ0) is 13.4. The molecule has 0 heterocycles. The minimum Gasteiger partial charge on any atom is -0.466 e. The van der Waals surface area contributed by atoms with Crippen molar-refractivity contribution >= 4 is 11.8 Å². The number of hydrogen-bond donors (Lipinski definition) is 0. The predicted molar refractivity (Wildman–Crippen MR) is 70.6 cm³/mol. The third kappa shape index (κ3) is 5.13. The molecule has 0 atom stereocenters. The highest BCUT2D eigenvalue weighted by molar-refractivity contribution is 5.93. The minimum absolute atomic E-state index is 0.0869. The lowest BCUT2D eigenvalue weighted by Crippen LogP contribution is -2.03. The molecular formula is C15H20O3. The molecule has 0 aliphatic heterocycles. The highest BCUT2D eigenvalue weighted by Crippen LogP contribution is 2.09. The summed E-state index contributed by atoms with van der Waals surface area (Å²) in [5.74, 6) is -0.0340. The van der Waals surface area contributed by atoms with Crippen LogP contribution in [0.5, 0.6) is 0 Å². The van der Waals surface area contributed by atoms with Gasteiger partial charge < -0.3 is 4.74 Å². The number of benzene rings is 1. The molecule has 98 valence electrons. The van der Waals surface area contributed by atoms with Crippen LogP contribution in [0.15, 0.2) is 24.3 Å². The van der Waals surface area contributed by atoms with Crippen molar-refractivity contribution in [3.63, 3.8) is 0 Å². The summed E-state index contributed by atoms with van der Waals surface area (Å²) in [6.45, 7) is 3.83. The molecule has 0 saturated heterocycles. The number of ketones is 1. The average Bonchev–Trinajstić information content (AvgIpc) is 2.35. The number of esters is 1. The summed E-state index contributed by atoms with van der Waals surface area (Å²) in [5.41, 5.74) is 1.94. The second-order valence-electron chi connectivity index (χ2n) is 4.27. The summed E-state index contributed by atoms with van der Waals surface area (Å²) in [7, 11) is 0. The Morgan fingerprint density at radius 3 is 2.33 bits per heavy atom. The van der Waals surface area contributed by atoms with Gasteiger partial charge in [0, 0.05) is 12.0 Å². The summed E-state index contributed by atoms with van der Waals surface area (Å²) in [4.78, 5) is 22.2. The van der Waals surface area contributed by atoms with E-state index in [-0.39, 0.29) is 11.8 Å². The van der Waals surface area contributed by atoms with E-state index in [1.54, 1.807) is 6.92 Å². The van der Waals surface area contributed by atoms with E-state index in [9.17, 15) is 9.59 Å². The summed E-state index contributed by atoms with van der Waals surface area (Å²) >= 11 is 0. The lowest BCUT2D eigenvalue weighted by Gasteiger charge is -2.03. The zero-order valence-electron chi connectivity index (χ0n) is 11.1. The van der Waals surface area contributed by atoms with Crippen LogP contribution in [0.1, 0.15) is 49.0 Å². The van der Waals surface area contributed by atoms with Crippen LogP contribution in [-0.2, 0) is 16.0 Å².